The number of carbonyl (C=O) groups excluding carboxylic acids is 1. The Bertz CT molecular complexity index is 730. The third-order valence-electron chi connectivity index (χ3n) is 3.92. The molecular formula is C18H19IN2O3. The van der Waals surface area contributed by atoms with Crippen molar-refractivity contribution in [3.05, 3.63) is 56.9 Å². The van der Waals surface area contributed by atoms with Crippen molar-refractivity contribution < 1.29 is 14.3 Å². The van der Waals surface area contributed by atoms with Gasteiger partial charge in [0.15, 0.2) is 5.75 Å². The summed E-state index contributed by atoms with van der Waals surface area (Å²) in [5, 5.41) is 0. The van der Waals surface area contributed by atoms with Gasteiger partial charge in [-0.05, 0) is 65.4 Å². The average molecular weight is 438 g/mol. The van der Waals surface area contributed by atoms with Gasteiger partial charge in [-0.15, -0.1) is 0 Å². The Kier molecular flexibility index (Phi) is 5.80. The first-order valence-corrected chi connectivity index (χ1v) is 8.93. The maximum atomic E-state index is 12.4. The summed E-state index contributed by atoms with van der Waals surface area (Å²) in [4.78, 5) is 19.1. The summed E-state index contributed by atoms with van der Waals surface area (Å²) in [5.41, 5.74) is 2.38. The van der Waals surface area contributed by atoms with Crippen LogP contribution in [0.1, 0.15) is 21.6 Å². The number of pyridine rings is 1. The Morgan fingerprint density at radius 1 is 1.33 bits per heavy atom. The second-order valence-electron chi connectivity index (χ2n) is 5.69. The van der Waals surface area contributed by atoms with Gasteiger partial charge >= 0.3 is 5.97 Å². The largest absolute Gasteiger partial charge is 0.421 e. The number of rotatable bonds is 4. The fourth-order valence-electron chi connectivity index (χ4n) is 2.54. The lowest BCUT2D eigenvalue weighted by Gasteiger charge is -2.26. The molecule has 0 unspecified atom stereocenters. The van der Waals surface area contributed by atoms with Crippen molar-refractivity contribution in [2.45, 2.75) is 13.5 Å². The zero-order valence-corrected chi connectivity index (χ0v) is 15.7. The number of hydrogen-bond acceptors (Lipinski definition) is 5. The third kappa shape index (κ3) is 4.31. The van der Waals surface area contributed by atoms with Gasteiger partial charge in [-0.2, -0.15) is 0 Å². The van der Waals surface area contributed by atoms with Crippen LogP contribution in [-0.2, 0) is 11.3 Å². The molecule has 1 aromatic carbocycles. The van der Waals surface area contributed by atoms with Crippen molar-refractivity contribution in [1.29, 1.82) is 0 Å². The Balaban J connectivity index is 1.74. The van der Waals surface area contributed by atoms with E-state index >= 15 is 0 Å². The van der Waals surface area contributed by atoms with E-state index in [0.29, 0.717) is 17.9 Å². The molecule has 1 aliphatic rings. The summed E-state index contributed by atoms with van der Waals surface area (Å²) in [6.07, 6.45) is 1.72. The topological polar surface area (TPSA) is 51.7 Å². The predicted octanol–water partition coefficient (Wildman–Crippen LogP) is 3.05. The molecule has 5 nitrogen and oxygen atoms in total. The molecule has 3 rings (SSSR count). The van der Waals surface area contributed by atoms with Crippen molar-refractivity contribution >= 4 is 28.6 Å². The van der Waals surface area contributed by atoms with Crippen LogP contribution in [0.2, 0.25) is 0 Å². The fraction of sp³-hybridized carbons (Fsp3) is 0.333. The molecule has 1 saturated heterocycles. The number of aryl methyl sites for hydroxylation is 1. The summed E-state index contributed by atoms with van der Waals surface area (Å²) in [6, 6.07) is 9.13. The quantitative estimate of drug-likeness (QED) is 0.543. The van der Waals surface area contributed by atoms with Gasteiger partial charge in [0.2, 0.25) is 0 Å². The van der Waals surface area contributed by atoms with E-state index in [1.807, 2.05) is 19.1 Å². The molecule has 6 heteroatoms. The normalized spacial score (nSPS) is 15.2. The number of nitrogens with zero attached hydrogens (tertiary/aromatic N) is 2. The van der Waals surface area contributed by atoms with Crippen LogP contribution in [0.4, 0.5) is 0 Å². The first-order valence-electron chi connectivity index (χ1n) is 7.86. The molecule has 0 bridgehead atoms. The van der Waals surface area contributed by atoms with Gasteiger partial charge in [-0.3, -0.25) is 9.88 Å². The molecule has 0 N–H and O–H groups in total. The van der Waals surface area contributed by atoms with Crippen LogP contribution in [0.3, 0.4) is 0 Å². The van der Waals surface area contributed by atoms with Gasteiger partial charge in [0, 0.05) is 29.4 Å². The zero-order valence-electron chi connectivity index (χ0n) is 13.5. The summed E-state index contributed by atoms with van der Waals surface area (Å²) in [6.45, 7) is 5.80. The van der Waals surface area contributed by atoms with Gasteiger partial charge in [-0.25, -0.2) is 4.79 Å². The van der Waals surface area contributed by atoms with E-state index in [1.165, 1.54) is 0 Å². The minimum Gasteiger partial charge on any atom is -0.421 e. The number of hydrogen-bond donors (Lipinski definition) is 0. The summed E-state index contributed by atoms with van der Waals surface area (Å²) in [5.74, 6) is 0.163. The van der Waals surface area contributed by atoms with Gasteiger partial charge in [0.05, 0.1) is 24.5 Å². The zero-order chi connectivity index (χ0) is 16.9. The molecule has 0 atom stereocenters. The molecule has 1 aromatic heterocycles. The van der Waals surface area contributed by atoms with Crippen LogP contribution >= 0.6 is 22.6 Å². The van der Waals surface area contributed by atoms with Crippen molar-refractivity contribution in [3.63, 3.8) is 0 Å². The van der Waals surface area contributed by atoms with Crippen LogP contribution in [0.15, 0.2) is 36.5 Å². The highest BCUT2D eigenvalue weighted by Gasteiger charge is 2.17. The molecule has 2 heterocycles. The van der Waals surface area contributed by atoms with Crippen molar-refractivity contribution in [3.8, 4) is 5.75 Å². The number of halogens is 1. The molecule has 1 fully saturated rings. The van der Waals surface area contributed by atoms with Gasteiger partial charge < -0.3 is 9.47 Å². The number of morpholine rings is 1. The molecule has 0 amide bonds. The summed E-state index contributed by atoms with van der Waals surface area (Å²) in [7, 11) is 0. The van der Waals surface area contributed by atoms with Crippen molar-refractivity contribution in [2.75, 3.05) is 26.3 Å². The van der Waals surface area contributed by atoms with Crippen molar-refractivity contribution in [2.24, 2.45) is 0 Å². The SMILES string of the molecule is Cc1cc(C(=O)Oc2cccnc2CN2CCOCC2)ccc1I. The highest BCUT2D eigenvalue weighted by atomic mass is 127. The molecule has 0 spiro atoms. The first kappa shape index (κ1) is 17.3. The Morgan fingerprint density at radius 3 is 2.88 bits per heavy atom. The number of carbonyl (C=O) groups is 1. The monoisotopic (exact) mass is 438 g/mol. The van der Waals surface area contributed by atoms with E-state index in [0.717, 1.165) is 41.1 Å². The predicted molar refractivity (Wildman–Crippen MR) is 99.2 cm³/mol. The van der Waals surface area contributed by atoms with E-state index in [4.69, 9.17) is 9.47 Å². The average Bonchev–Trinajstić information content (AvgIpc) is 2.60. The van der Waals surface area contributed by atoms with Crippen LogP contribution in [0.25, 0.3) is 0 Å². The lowest BCUT2D eigenvalue weighted by Crippen LogP contribution is -2.36. The summed E-state index contributed by atoms with van der Waals surface area (Å²) < 4.78 is 12.1. The van der Waals surface area contributed by atoms with Gasteiger partial charge in [-0.1, -0.05) is 0 Å². The van der Waals surface area contributed by atoms with E-state index in [-0.39, 0.29) is 5.97 Å². The highest BCUT2D eigenvalue weighted by Crippen LogP contribution is 2.20. The fourth-order valence-corrected chi connectivity index (χ4v) is 2.87. The minimum absolute atomic E-state index is 0.356. The molecule has 126 valence electrons. The Hall–Kier alpha value is -1.51. The highest BCUT2D eigenvalue weighted by molar-refractivity contribution is 14.1. The van der Waals surface area contributed by atoms with E-state index in [2.05, 4.69) is 32.5 Å². The molecule has 1 aliphatic heterocycles. The van der Waals surface area contributed by atoms with Gasteiger partial charge in [0.25, 0.3) is 0 Å². The van der Waals surface area contributed by atoms with E-state index in [1.54, 1.807) is 24.4 Å². The number of aromatic nitrogens is 1. The minimum atomic E-state index is -0.356. The molecule has 0 radical (unpaired) electrons. The number of benzene rings is 1. The Labute approximate surface area is 155 Å². The lowest BCUT2D eigenvalue weighted by atomic mass is 10.1. The first-order chi connectivity index (χ1) is 11.6. The molecular weight excluding hydrogens is 419 g/mol. The second kappa shape index (κ2) is 8.04. The standard InChI is InChI=1S/C18H19IN2O3/c1-13-11-14(4-5-15(13)19)18(22)24-17-3-2-6-20-16(17)12-21-7-9-23-10-8-21/h2-6,11H,7-10,12H2,1H3. The van der Waals surface area contributed by atoms with Gasteiger partial charge in [0.1, 0.15) is 0 Å². The van der Waals surface area contributed by atoms with E-state index in [9.17, 15) is 4.79 Å². The molecule has 2 aromatic rings. The Morgan fingerprint density at radius 2 is 2.12 bits per heavy atom. The second-order valence-corrected chi connectivity index (χ2v) is 6.85. The smallest absolute Gasteiger partial charge is 0.343 e. The van der Waals surface area contributed by atoms with Crippen LogP contribution in [0, 0.1) is 10.5 Å². The van der Waals surface area contributed by atoms with Crippen LogP contribution < -0.4 is 4.74 Å². The van der Waals surface area contributed by atoms with Crippen LogP contribution in [-0.4, -0.2) is 42.2 Å². The van der Waals surface area contributed by atoms with Crippen molar-refractivity contribution in [1.82, 2.24) is 9.88 Å². The molecule has 24 heavy (non-hydrogen) atoms. The lowest BCUT2D eigenvalue weighted by molar-refractivity contribution is 0.0331. The summed E-state index contributed by atoms with van der Waals surface area (Å²) >= 11 is 2.25. The number of esters is 1. The van der Waals surface area contributed by atoms with E-state index < -0.39 is 0 Å². The maximum Gasteiger partial charge on any atom is 0.343 e. The molecule has 0 saturated carbocycles. The third-order valence-corrected chi connectivity index (χ3v) is 5.13. The molecule has 0 aliphatic carbocycles. The maximum absolute atomic E-state index is 12.4. The number of ether oxygens (including phenoxy) is 2. The van der Waals surface area contributed by atoms with Crippen LogP contribution in [0.5, 0.6) is 5.75 Å².